The summed E-state index contributed by atoms with van der Waals surface area (Å²) in [5.74, 6) is 2.71. The molecule has 15 nitrogen and oxygen atoms in total. The fraction of sp³-hybridized carbons (Fsp3) is 0.442. The number of anilines is 2. The minimum Gasteiger partial charge on any atom is -0.480 e. The van der Waals surface area contributed by atoms with Crippen LogP contribution in [0, 0.1) is 10.8 Å². The fourth-order valence-electron chi connectivity index (χ4n) is 9.63. The van der Waals surface area contributed by atoms with Gasteiger partial charge >= 0.3 is 0 Å². The van der Waals surface area contributed by atoms with E-state index in [0.29, 0.717) is 35.9 Å². The number of amides is 2. The van der Waals surface area contributed by atoms with Crippen LogP contribution >= 0.6 is 11.6 Å². The Bertz CT molecular complexity index is 2440. The van der Waals surface area contributed by atoms with Crippen LogP contribution in [0.5, 0.6) is 5.88 Å². The molecule has 2 amide bonds. The van der Waals surface area contributed by atoms with E-state index in [4.69, 9.17) is 16.3 Å². The molecule has 16 heteroatoms. The summed E-state index contributed by atoms with van der Waals surface area (Å²) < 4.78 is 5.20. The minimum absolute atomic E-state index is 0.259. The SMILES string of the molecule is COc1cncc(N2CCC3(CCCN(Cc4c[nH]c5ncccc45)C3=O)CC2)n1.O=C1N(Cc2c[nH]c3ncccc23)CCCC12CCN(c1cncc(Cl)n1)CC2. The van der Waals surface area contributed by atoms with Gasteiger partial charge in [0.1, 0.15) is 22.3 Å². The Balaban J connectivity index is 0.000000152. The number of nitrogens with one attached hydrogen (secondary N) is 2. The third kappa shape index (κ3) is 7.75. The van der Waals surface area contributed by atoms with Gasteiger partial charge < -0.3 is 34.3 Å². The maximum atomic E-state index is 13.5. The molecule has 2 spiro atoms. The number of carbonyl (C=O) groups excluding carboxylic acids is 2. The van der Waals surface area contributed by atoms with E-state index < -0.39 is 0 Å². The quantitative estimate of drug-likeness (QED) is 0.189. The highest BCUT2D eigenvalue weighted by molar-refractivity contribution is 6.29. The molecule has 6 aromatic heterocycles. The number of piperidine rings is 4. The average molecular weight is 817 g/mol. The van der Waals surface area contributed by atoms with Crippen LogP contribution in [0.2, 0.25) is 5.15 Å². The van der Waals surface area contributed by atoms with Crippen molar-refractivity contribution in [2.45, 2.75) is 64.5 Å². The molecule has 0 atom stereocenters. The number of carbonyl (C=O) groups is 2. The smallest absolute Gasteiger partial charge is 0.233 e. The lowest BCUT2D eigenvalue weighted by Gasteiger charge is -2.46. The molecule has 0 saturated carbocycles. The number of fused-ring (bicyclic) bond motifs is 2. The molecule has 306 valence electrons. The van der Waals surface area contributed by atoms with E-state index in [1.165, 1.54) is 0 Å². The zero-order chi connectivity index (χ0) is 40.4. The summed E-state index contributed by atoms with van der Waals surface area (Å²) in [6, 6.07) is 8.00. The van der Waals surface area contributed by atoms with Gasteiger partial charge in [0.2, 0.25) is 17.7 Å². The molecule has 0 radical (unpaired) electrons. The zero-order valence-corrected chi connectivity index (χ0v) is 34.1. The van der Waals surface area contributed by atoms with Gasteiger partial charge in [0.15, 0.2) is 5.82 Å². The summed E-state index contributed by atoms with van der Waals surface area (Å²) in [5.41, 5.74) is 3.49. The van der Waals surface area contributed by atoms with Gasteiger partial charge in [0.25, 0.3) is 0 Å². The normalized spacial score (nSPS) is 19.1. The number of pyridine rings is 2. The van der Waals surface area contributed by atoms with E-state index in [1.807, 2.05) is 34.3 Å². The second-order valence-corrected chi connectivity index (χ2v) is 16.6. The molecule has 4 aliphatic rings. The third-order valence-corrected chi connectivity index (χ3v) is 13.1. The van der Waals surface area contributed by atoms with Crippen molar-refractivity contribution < 1.29 is 14.3 Å². The second-order valence-electron chi connectivity index (χ2n) is 16.2. The summed E-state index contributed by atoms with van der Waals surface area (Å²) in [6.07, 6.45) is 21.6. The van der Waals surface area contributed by atoms with E-state index in [-0.39, 0.29) is 10.8 Å². The Morgan fingerprint density at radius 3 is 1.64 bits per heavy atom. The molecular formula is C43H49ClN12O3. The molecule has 6 aromatic rings. The third-order valence-electron chi connectivity index (χ3n) is 12.9. The first-order valence-electron chi connectivity index (χ1n) is 20.6. The number of halogens is 1. The topological polar surface area (TPSA) is 165 Å². The zero-order valence-electron chi connectivity index (χ0n) is 33.3. The Hall–Kier alpha value is -5.83. The van der Waals surface area contributed by atoms with Crippen molar-refractivity contribution in [3.8, 4) is 5.88 Å². The number of ether oxygens (including phenoxy) is 1. The molecule has 4 aliphatic heterocycles. The highest BCUT2D eigenvalue weighted by Crippen LogP contribution is 2.44. The summed E-state index contributed by atoms with van der Waals surface area (Å²) in [5, 5.41) is 2.58. The largest absolute Gasteiger partial charge is 0.480 e. The van der Waals surface area contributed by atoms with Gasteiger partial charge in [-0.15, -0.1) is 0 Å². The van der Waals surface area contributed by atoms with Gasteiger partial charge in [0.05, 0.1) is 42.7 Å². The van der Waals surface area contributed by atoms with Crippen molar-refractivity contribution >= 4 is 57.1 Å². The Labute approximate surface area is 347 Å². The fourth-order valence-corrected chi connectivity index (χ4v) is 9.78. The Morgan fingerprint density at radius 2 is 1.15 bits per heavy atom. The van der Waals surface area contributed by atoms with Gasteiger partial charge in [-0.1, -0.05) is 11.6 Å². The summed E-state index contributed by atoms with van der Waals surface area (Å²) in [6.45, 7) is 6.11. The van der Waals surface area contributed by atoms with Crippen molar-refractivity contribution in [3.63, 3.8) is 0 Å². The van der Waals surface area contributed by atoms with Gasteiger partial charge in [-0.3, -0.25) is 19.6 Å². The number of aromatic amines is 2. The number of likely N-dealkylation sites (tertiary alicyclic amines) is 2. The number of hydrogen-bond acceptors (Lipinski definition) is 11. The highest BCUT2D eigenvalue weighted by atomic mass is 35.5. The number of methoxy groups -OCH3 is 1. The number of rotatable bonds is 7. The average Bonchev–Trinajstić information content (AvgIpc) is 3.89. The Morgan fingerprint density at radius 1 is 0.661 bits per heavy atom. The van der Waals surface area contributed by atoms with Crippen LogP contribution in [0.15, 0.2) is 73.8 Å². The van der Waals surface area contributed by atoms with Crippen LogP contribution in [-0.4, -0.2) is 108 Å². The molecular weight excluding hydrogens is 768 g/mol. The predicted octanol–water partition coefficient (Wildman–Crippen LogP) is 6.19. The Kier molecular flexibility index (Phi) is 10.8. The first-order valence-corrected chi connectivity index (χ1v) is 21.0. The van der Waals surface area contributed by atoms with E-state index >= 15 is 0 Å². The summed E-state index contributed by atoms with van der Waals surface area (Å²) in [7, 11) is 1.60. The molecule has 0 bridgehead atoms. The molecule has 10 rings (SSSR count). The molecule has 2 N–H and O–H groups in total. The molecule has 59 heavy (non-hydrogen) atoms. The van der Waals surface area contributed by atoms with Crippen molar-refractivity contribution in [1.29, 1.82) is 0 Å². The minimum atomic E-state index is -0.259. The van der Waals surface area contributed by atoms with Gasteiger partial charge in [-0.05, 0) is 86.8 Å². The standard InChI is InChI=1S/C22H26N6O2.C21H23ClN6O/c1-30-19-14-23-13-18(26-19)27-10-6-22(7-11-27)5-3-9-28(21(22)29)15-16-12-25-20-17(16)4-2-8-24-20;22-17-12-23-13-18(26-17)27-9-5-21(6-10-27)4-2-8-28(20(21)29)14-15-11-25-19-16(15)3-1-7-24-19/h2,4,8,12-14H,3,5-7,9-11,15H2,1H3,(H,24,25);1,3,7,11-13H,2,4-6,8-10,14H2,(H,24,25). The lowest BCUT2D eigenvalue weighted by atomic mass is 9.71. The molecule has 4 fully saturated rings. The van der Waals surface area contributed by atoms with Crippen LogP contribution in [-0.2, 0) is 22.7 Å². The van der Waals surface area contributed by atoms with E-state index in [0.717, 1.165) is 135 Å². The van der Waals surface area contributed by atoms with Gasteiger partial charge in [-0.25, -0.2) is 15.0 Å². The highest BCUT2D eigenvalue weighted by Gasteiger charge is 2.47. The van der Waals surface area contributed by atoms with Crippen molar-refractivity contribution in [1.82, 2.24) is 49.7 Å². The van der Waals surface area contributed by atoms with Crippen LogP contribution < -0.4 is 14.5 Å². The van der Waals surface area contributed by atoms with Crippen LogP contribution in [0.4, 0.5) is 11.6 Å². The van der Waals surface area contributed by atoms with Gasteiger partial charge in [0, 0.05) is 87.9 Å². The second kappa shape index (κ2) is 16.4. The van der Waals surface area contributed by atoms with Gasteiger partial charge in [-0.2, -0.15) is 4.98 Å². The monoisotopic (exact) mass is 816 g/mol. The number of hydrogen-bond donors (Lipinski definition) is 2. The van der Waals surface area contributed by atoms with Crippen LogP contribution in [0.25, 0.3) is 22.1 Å². The summed E-state index contributed by atoms with van der Waals surface area (Å²) in [4.78, 5) is 67.9. The lowest BCUT2D eigenvalue weighted by Crippen LogP contribution is -2.53. The molecule has 10 heterocycles. The maximum Gasteiger partial charge on any atom is 0.233 e. The van der Waals surface area contributed by atoms with Crippen molar-refractivity contribution in [2.24, 2.45) is 10.8 Å². The number of H-pyrrole nitrogens is 2. The number of nitrogens with zero attached hydrogens (tertiary/aromatic N) is 10. The lowest BCUT2D eigenvalue weighted by molar-refractivity contribution is -0.149. The molecule has 0 aliphatic carbocycles. The molecule has 0 unspecified atom stereocenters. The molecule has 0 aromatic carbocycles. The first kappa shape index (κ1) is 38.7. The van der Waals surface area contributed by atoms with E-state index in [1.54, 1.807) is 44.3 Å². The van der Waals surface area contributed by atoms with Crippen molar-refractivity contribution in [3.05, 3.63) is 90.1 Å². The van der Waals surface area contributed by atoms with Crippen LogP contribution in [0.1, 0.15) is 62.5 Å². The first-order chi connectivity index (χ1) is 28.8. The number of aromatic nitrogens is 8. The predicted molar refractivity (Wildman–Crippen MR) is 225 cm³/mol. The van der Waals surface area contributed by atoms with Crippen LogP contribution in [0.3, 0.4) is 0 Å². The summed E-state index contributed by atoms with van der Waals surface area (Å²) >= 11 is 5.99. The maximum absolute atomic E-state index is 13.5. The van der Waals surface area contributed by atoms with E-state index in [2.05, 4.69) is 61.8 Å². The van der Waals surface area contributed by atoms with E-state index in [9.17, 15) is 9.59 Å². The van der Waals surface area contributed by atoms with Crippen molar-refractivity contribution in [2.75, 3.05) is 56.2 Å². The molecule has 4 saturated heterocycles.